The van der Waals surface area contributed by atoms with E-state index in [4.69, 9.17) is 0 Å². The molecule has 2 heterocycles. The van der Waals surface area contributed by atoms with Crippen LogP contribution in [0.15, 0.2) is 30.6 Å². The summed E-state index contributed by atoms with van der Waals surface area (Å²) in [5, 5.41) is 6.42. The number of hydrogen-bond acceptors (Lipinski definition) is 5. The average Bonchev–Trinajstić information content (AvgIpc) is 3.35. The van der Waals surface area contributed by atoms with Crippen molar-refractivity contribution in [1.82, 2.24) is 29.7 Å². The fourth-order valence-corrected chi connectivity index (χ4v) is 3.14. The van der Waals surface area contributed by atoms with Crippen molar-refractivity contribution in [2.24, 2.45) is 0 Å². The lowest BCUT2D eigenvalue weighted by molar-refractivity contribution is -0.150. The number of hydrazine groups is 1. The van der Waals surface area contributed by atoms with Crippen LogP contribution in [0.1, 0.15) is 17.5 Å². The highest BCUT2D eigenvalue weighted by atomic mass is 19.4. The van der Waals surface area contributed by atoms with Crippen LogP contribution in [-0.2, 0) is 21.9 Å². The lowest BCUT2D eigenvalue weighted by Gasteiger charge is -2.28. The Hall–Kier alpha value is -3.42. The first-order valence-electron chi connectivity index (χ1n) is 9.91. The molecule has 184 valence electrons. The Kier molecular flexibility index (Phi) is 7.00. The topological polar surface area (TPSA) is 74.6 Å². The zero-order chi connectivity index (χ0) is 25.3. The first-order valence-corrected chi connectivity index (χ1v) is 9.91. The highest BCUT2D eigenvalue weighted by Crippen LogP contribution is 2.38. The van der Waals surface area contributed by atoms with E-state index >= 15 is 0 Å². The number of hydrogen-bond donors (Lipinski definition) is 0. The van der Waals surface area contributed by atoms with Crippen molar-refractivity contribution in [3.05, 3.63) is 41.7 Å². The van der Waals surface area contributed by atoms with E-state index in [0.29, 0.717) is 25.2 Å². The molecule has 1 aromatic carbocycles. The van der Waals surface area contributed by atoms with Crippen LogP contribution in [0.25, 0.3) is 17.6 Å². The number of carbonyl (C=O) groups is 2. The Balaban J connectivity index is 1.80. The number of benzene rings is 1. The van der Waals surface area contributed by atoms with E-state index in [0.717, 1.165) is 23.3 Å². The van der Waals surface area contributed by atoms with Crippen molar-refractivity contribution in [1.29, 1.82) is 0 Å². The number of aromatic nitrogens is 3. The Morgan fingerprint density at radius 2 is 1.71 bits per heavy atom. The fourth-order valence-electron chi connectivity index (χ4n) is 3.14. The van der Waals surface area contributed by atoms with Gasteiger partial charge in [-0.15, -0.1) is 5.10 Å². The lowest BCUT2D eigenvalue weighted by atomic mass is 10.0. The number of halogens is 6. The van der Waals surface area contributed by atoms with Crippen LogP contribution in [0.5, 0.6) is 0 Å². The third kappa shape index (κ3) is 5.92. The average molecular weight is 490 g/mol. The van der Waals surface area contributed by atoms with E-state index in [1.54, 1.807) is 0 Å². The second kappa shape index (κ2) is 9.44. The van der Waals surface area contributed by atoms with Crippen molar-refractivity contribution >= 4 is 18.0 Å². The highest BCUT2D eigenvalue weighted by Gasteiger charge is 2.37. The third-order valence-electron chi connectivity index (χ3n) is 4.85. The normalized spacial score (nSPS) is 15.3. The standard InChI is InChI=1S/C20H20F6N6O2/c1-29(2)7-8-32-17(34)4-6-31(32)16(33)3-5-30-12-27-18(28-30)13-9-14(19(21,22)23)11-15(10-13)20(24,25)26/h3,5,9-12H,4,6-8H2,1-2H3. The number of amides is 2. The van der Waals surface area contributed by atoms with Gasteiger partial charge in [0.15, 0.2) is 5.82 Å². The molecule has 1 aromatic heterocycles. The summed E-state index contributed by atoms with van der Waals surface area (Å²) in [7, 11) is 3.63. The summed E-state index contributed by atoms with van der Waals surface area (Å²) in [5.41, 5.74) is -3.47. The molecule has 34 heavy (non-hydrogen) atoms. The molecule has 0 aliphatic carbocycles. The summed E-state index contributed by atoms with van der Waals surface area (Å²) < 4.78 is 79.4. The van der Waals surface area contributed by atoms with Gasteiger partial charge in [-0.1, -0.05) is 0 Å². The minimum Gasteiger partial charge on any atom is -0.308 e. The van der Waals surface area contributed by atoms with Gasteiger partial charge < -0.3 is 4.90 Å². The van der Waals surface area contributed by atoms with Crippen molar-refractivity contribution < 1.29 is 35.9 Å². The number of rotatable bonds is 6. The SMILES string of the molecule is CN(C)CCN1C(=O)CCN1C(=O)C=Cn1cnc(-c2cc(C(F)(F)F)cc(C(F)(F)F)c2)n1. The van der Waals surface area contributed by atoms with Gasteiger partial charge in [0, 0.05) is 30.8 Å². The van der Waals surface area contributed by atoms with Gasteiger partial charge in [-0.25, -0.2) is 19.7 Å². The van der Waals surface area contributed by atoms with Crippen LogP contribution >= 0.6 is 0 Å². The van der Waals surface area contributed by atoms with Crippen LogP contribution < -0.4 is 0 Å². The molecule has 0 spiro atoms. The number of alkyl halides is 6. The maximum Gasteiger partial charge on any atom is 0.416 e. The van der Waals surface area contributed by atoms with Crippen LogP contribution in [0.3, 0.4) is 0 Å². The van der Waals surface area contributed by atoms with Crippen molar-refractivity contribution in [2.75, 3.05) is 33.7 Å². The molecule has 0 unspecified atom stereocenters. The predicted octanol–water partition coefficient (Wildman–Crippen LogP) is 2.99. The van der Waals surface area contributed by atoms with E-state index in [-0.39, 0.29) is 24.9 Å². The molecule has 0 saturated carbocycles. The van der Waals surface area contributed by atoms with E-state index in [9.17, 15) is 35.9 Å². The molecule has 0 bridgehead atoms. The zero-order valence-electron chi connectivity index (χ0n) is 18.1. The largest absolute Gasteiger partial charge is 0.416 e. The summed E-state index contributed by atoms with van der Waals surface area (Å²) in [6, 6.07) is 1.04. The number of likely N-dealkylation sites (N-methyl/N-ethyl adjacent to an activating group) is 1. The van der Waals surface area contributed by atoms with Gasteiger partial charge in [-0.05, 0) is 32.3 Å². The van der Waals surface area contributed by atoms with Crippen molar-refractivity contribution in [3.63, 3.8) is 0 Å². The van der Waals surface area contributed by atoms with Crippen LogP contribution in [-0.4, -0.2) is 75.2 Å². The molecular weight excluding hydrogens is 470 g/mol. The quantitative estimate of drug-likeness (QED) is 0.460. The molecule has 0 atom stereocenters. The summed E-state index contributed by atoms with van der Waals surface area (Å²) in [5.74, 6) is -1.14. The maximum atomic E-state index is 13.1. The maximum absolute atomic E-state index is 13.1. The van der Waals surface area contributed by atoms with E-state index in [1.165, 1.54) is 10.0 Å². The van der Waals surface area contributed by atoms with Crippen molar-refractivity contribution in [3.8, 4) is 11.4 Å². The monoisotopic (exact) mass is 490 g/mol. The zero-order valence-corrected chi connectivity index (χ0v) is 18.1. The van der Waals surface area contributed by atoms with E-state index in [2.05, 4.69) is 10.1 Å². The van der Waals surface area contributed by atoms with Gasteiger partial charge in [0.05, 0.1) is 24.2 Å². The van der Waals surface area contributed by atoms with Gasteiger partial charge in [-0.3, -0.25) is 9.59 Å². The van der Waals surface area contributed by atoms with Gasteiger partial charge in [0.2, 0.25) is 5.91 Å². The number of nitrogens with zero attached hydrogens (tertiary/aromatic N) is 6. The summed E-state index contributed by atoms with van der Waals surface area (Å²) >= 11 is 0. The molecule has 14 heteroatoms. The third-order valence-corrected chi connectivity index (χ3v) is 4.85. The molecule has 1 saturated heterocycles. The highest BCUT2D eigenvalue weighted by molar-refractivity contribution is 5.93. The second-order valence-electron chi connectivity index (χ2n) is 7.69. The second-order valence-corrected chi connectivity index (χ2v) is 7.69. The Morgan fingerprint density at radius 3 is 2.26 bits per heavy atom. The predicted molar refractivity (Wildman–Crippen MR) is 107 cm³/mol. The summed E-state index contributed by atoms with van der Waals surface area (Å²) in [4.78, 5) is 30.2. The smallest absolute Gasteiger partial charge is 0.308 e. The fraction of sp³-hybridized carbons (Fsp3) is 0.400. The van der Waals surface area contributed by atoms with Crippen LogP contribution in [0.4, 0.5) is 26.3 Å². The first-order chi connectivity index (χ1) is 15.8. The van der Waals surface area contributed by atoms with E-state index < -0.39 is 40.8 Å². The molecule has 2 amide bonds. The van der Waals surface area contributed by atoms with Crippen LogP contribution in [0, 0.1) is 0 Å². The molecule has 1 fully saturated rings. The van der Waals surface area contributed by atoms with E-state index in [1.807, 2.05) is 19.0 Å². The molecule has 8 nitrogen and oxygen atoms in total. The molecular formula is C20H20F6N6O2. The molecule has 2 aromatic rings. The molecule has 1 aliphatic rings. The Bertz CT molecular complexity index is 1060. The first kappa shape index (κ1) is 25.2. The molecule has 0 radical (unpaired) electrons. The van der Waals surface area contributed by atoms with Gasteiger partial charge >= 0.3 is 12.4 Å². The van der Waals surface area contributed by atoms with Gasteiger partial charge in [0.25, 0.3) is 5.91 Å². The molecule has 0 N–H and O–H groups in total. The Morgan fingerprint density at radius 1 is 1.09 bits per heavy atom. The summed E-state index contributed by atoms with van der Waals surface area (Å²) in [6.45, 7) is 1.01. The van der Waals surface area contributed by atoms with Gasteiger partial charge in [-0.2, -0.15) is 26.3 Å². The minimum absolute atomic E-state index is 0.0124. The van der Waals surface area contributed by atoms with Crippen LogP contribution in [0.2, 0.25) is 0 Å². The number of carbonyl (C=O) groups excluding carboxylic acids is 2. The minimum atomic E-state index is -5.00. The lowest BCUT2D eigenvalue weighted by Crippen LogP contribution is -2.45. The van der Waals surface area contributed by atoms with Gasteiger partial charge in [0.1, 0.15) is 6.33 Å². The molecule has 3 rings (SSSR count). The Labute approximate surface area is 190 Å². The van der Waals surface area contributed by atoms with Crippen molar-refractivity contribution in [2.45, 2.75) is 18.8 Å². The molecule has 1 aliphatic heterocycles. The summed E-state index contributed by atoms with van der Waals surface area (Å²) in [6.07, 6.45) is -6.59.